The van der Waals surface area contributed by atoms with Crippen molar-refractivity contribution < 1.29 is 9.47 Å². The summed E-state index contributed by atoms with van der Waals surface area (Å²) in [5.74, 6) is 1.40. The third-order valence-electron chi connectivity index (χ3n) is 3.86. The molecule has 0 saturated carbocycles. The van der Waals surface area contributed by atoms with E-state index in [9.17, 15) is 0 Å². The van der Waals surface area contributed by atoms with E-state index in [4.69, 9.17) is 21.7 Å². The second-order valence-electron chi connectivity index (χ2n) is 5.42. The first-order valence-electron chi connectivity index (χ1n) is 7.81. The lowest BCUT2D eigenvalue weighted by atomic mass is 10.1. The summed E-state index contributed by atoms with van der Waals surface area (Å²) in [6.07, 6.45) is 1.88. The second-order valence-corrected chi connectivity index (χ2v) is 5.83. The number of nitrogens with one attached hydrogen (secondary N) is 2. The van der Waals surface area contributed by atoms with Gasteiger partial charge in [0, 0.05) is 41.7 Å². The zero-order valence-electron chi connectivity index (χ0n) is 14.7. The van der Waals surface area contributed by atoms with Crippen molar-refractivity contribution in [2.45, 2.75) is 33.4 Å². The number of aromatic nitrogens is 2. The highest BCUT2D eigenvalue weighted by Gasteiger charge is 2.14. The van der Waals surface area contributed by atoms with E-state index >= 15 is 0 Å². The lowest BCUT2D eigenvalue weighted by Gasteiger charge is -2.18. The Morgan fingerprint density at radius 2 is 1.88 bits per heavy atom. The molecule has 7 heteroatoms. The highest BCUT2D eigenvalue weighted by Crippen LogP contribution is 2.26. The van der Waals surface area contributed by atoms with Gasteiger partial charge in [-0.2, -0.15) is 5.10 Å². The molecule has 1 aromatic heterocycles. The summed E-state index contributed by atoms with van der Waals surface area (Å²) in [6, 6.07) is 5.59. The van der Waals surface area contributed by atoms with Gasteiger partial charge in [0.15, 0.2) is 5.11 Å². The van der Waals surface area contributed by atoms with Crippen molar-refractivity contribution in [2.24, 2.45) is 0 Å². The van der Waals surface area contributed by atoms with Crippen LogP contribution in [-0.4, -0.2) is 29.1 Å². The fraction of sp³-hybridized carbons (Fsp3) is 0.412. The third kappa shape index (κ3) is 4.17. The largest absolute Gasteiger partial charge is 0.497 e. The Bertz CT molecular complexity index is 692. The molecular weight excluding hydrogens is 324 g/mol. The highest BCUT2D eigenvalue weighted by molar-refractivity contribution is 7.80. The van der Waals surface area contributed by atoms with E-state index in [0.29, 0.717) is 16.6 Å². The van der Waals surface area contributed by atoms with Gasteiger partial charge in [-0.25, -0.2) is 0 Å². The summed E-state index contributed by atoms with van der Waals surface area (Å²) < 4.78 is 12.5. The van der Waals surface area contributed by atoms with Gasteiger partial charge in [0.1, 0.15) is 11.5 Å². The lowest BCUT2D eigenvalue weighted by molar-refractivity contribution is 0.395. The maximum absolute atomic E-state index is 5.42. The molecular formula is C17H24N4O2S. The maximum Gasteiger partial charge on any atom is 0.171 e. The van der Waals surface area contributed by atoms with Crippen LogP contribution in [0, 0.1) is 6.92 Å². The molecule has 6 nitrogen and oxygen atoms in total. The molecule has 1 aromatic carbocycles. The van der Waals surface area contributed by atoms with Crippen molar-refractivity contribution >= 4 is 23.0 Å². The van der Waals surface area contributed by atoms with Crippen molar-refractivity contribution in [2.75, 3.05) is 19.5 Å². The summed E-state index contributed by atoms with van der Waals surface area (Å²) in [5, 5.41) is 11.3. The molecule has 2 rings (SSSR count). The normalized spacial score (nSPS) is 11.7. The van der Waals surface area contributed by atoms with Crippen molar-refractivity contribution in [3.63, 3.8) is 0 Å². The maximum atomic E-state index is 5.42. The minimum atomic E-state index is 0.0535. The van der Waals surface area contributed by atoms with Gasteiger partial charge in [-0.15, -0.1) is 0 Å². The van der Waals surface area contributed by atoms with Crippen LogP contribution in [0.25, 0.3) is 0 Å². The first-order chi connectivity index (χ1) is 11.5. The molecule has 0 fully saturated rings. The van der Waals surface area contributed by atoms with E-state index in [1.807, 2.05) is 29.1 Å². The monoisotopic (exact) mass is 348 g/mol. The van der Waals surface area contributed by atoms with Crippen LogP contribution in [0.1, 0.15) is 31.1 Å². The van der Waals surface area contributed by atoms with Gasteiger partial charge in [-0.05, 0) is 33.0 Å². The molecule has 0 spiro atoms. The summed E-state index contributed by atoms with van der Waals surface area (Å²) in [4.78, 5) is 0. The number of aryl methyl sites for hydroxylation is 1. The molecule has 2 aromatic rings. The Balaban J connectivity index is 2.06. The molecule has 0 saturated heterocycles. The van der Waals surface area contributed by atoms with E-state index < -0.39 is 0 Å². The molecule has 0 amide bonds. The van der Waals surface area contributed by atoms with Crippen LogP contribution < -0.4 is 20.1 Å². The van der Waals surface area contributed by atoms with Crippen molar-refractivity contribution in [3.05, 3.63) is 35.7 Å². The predicted octanol–water partition coefficient (Wildman–Crippen LogP) is 3.28. The molecule has 0 radical (unpaired) electrons. The standard InChI is InChI=1S/C17H24N4O2S/c1-6-21-12(3)16(10-18-21)11(2)19-17(24)20-13-7-14(22-4)9-15(8-13)23-5/h7-11H,6H2,1-5H3,(H2,19,20,24). The van der Waals surface area contributed by atoms with Crippen molar-refractivity contribution in [1.82, 2.24) is 15.1 Å². The molecule has 2 N–H and O–H groups in total. The van der Waals surface area contributed by atoms with Gasteiger partial charge >= 0.3 is 0 Å². The van der Waals surface area contributed by atoms with Crippen LogP contribution in [0.5, 0.6) is 11.5 Å². The zero-order chi connectivity index (χ0) is 17.7. The zero-order valence-corrected chi connectivity index (χ0v) is 15.5. The minimum Gasteiger partial charge on any atom is -0.497 e. The van der Waals surface area contributed by atoms with E-state index in [0.717, 1.165) is 23.5 Å². The number of rotatable bonds is 6. The number of nitrogens with zero attached hydrogens (tertiary/aromatic N) is 2. The Hall–Kier alpha value is -2.28. The summed E-state index contributed by atoms with van der Waals surface area (Å²) in [7, 11) is 3.23. The Morgan fingerprint density at radius 1 is 1.25 bits per heavy atom. The smallest absolute Gasteiger partial charge is 0.171 e. The third-order valence-corrected chi connectivity index (χ3v) is 4.08. The number of methoxy groups -OCH3 is 2. The van der Waals surface area contributed by atoms with Crippen LogP contribution in [0.15, 0.2) is 24.4 Å². The number of ether oxygens (including phenoxy) is 2. The second kappa shape index (κ2) is 8.01. The summed E-state index contributed by atoms with van der Waals surface area (Å²) in [5.41, 5.74) is 3.07. The van der Waals surface area contributed by atoms with E-state index in [1.54, 1.807) is 14.2 Å². The number of hydrogen-bond acceptors (Lipinski definition) is 4. The molecule has 0 aliphatic heterocycles. The van der Waals surface area contributed by atoms with Crippen LogP contribution >= 0.6 is 12.2 Å². The quantitative estimate of drug-likeness (QED) is 0.781. The Kier molecular flexibility index (Phi) is 6.03. The van der Waals surface area contributed by atoms with Crippen LogP contribution in [0.2, 0.25) is 0 Å². The number of hydrogen-bond donors (Lipinski definition) is 2. The highest BCUT2D eigenvalue weighted by atomic mass is 32.1. The SMILES string of the molecule is CCn1ncc(C(C)NC(=S)Nc2cc(OC)cc(OC)c2)c1C. The van der Waals surface area contributed by atoms with Gasteiger partial charge in [-0.3, -0.25) is 4.68 Å². The molecule has 0 aliphatic rings. The Morgan fingerprint density at radius 3 is 2.38 bits per heavy atom. The average molecular weight is 348 g/mol. The molecule has 0 aliphatic carbocycles. The van der Waals surface area contributed by atoms with E-state index in [1.165, 1.54) is 0 Å². The molecule has 1 unspecified atom stereocenters. The van der Waals surface area contributed by atoms with Crippen LogP contribution in [0.3, 0.4) is 0 Å². The fourth-order valence-electron chi connectivity index (χ4n) is 2.53. The van der Waals surface area contributed by atoms with Gasteiger partial charge in [-0.1, -0.05) is 0 Å². The average Bonchev–Trinajstić information content (AvgIpc) is 2.94. The van der Waals surface area contributed by atoms with E-state index in [-0.39, 0.29) is 6.04 Å². The minimum absolute atomic E-state index is 0.0535. The molecule has 1 atom stereocenters. The summed E-state index contributed by atoms with van der Waals surface area (Å²) in [6.45, 7) is 7.05. The van der Waals surface area contributed by atoms with Gasteiger partial charge < -0.3 is 20.1 Å². The first kappa shape index (κ1) is 18.1. The lowest BCUT2D eigenvalue weighted by Crippen LogP contribution is -2.31. The fourth-order valence-corrected chi connectivity index (χ4v) is 2.82. The van der Waals surface area contributed by atoms with Gasteiger partial charge in [0.05, 0.1) is 26.5 Å². The summed E-state index contributed by atoms with van der Waals surface area (Å²) >= 11 is 5.42. The molecule has 130 valence electrons. The number of thiocarbonyl (C=S) groups is 1. The van der Waals surface area contributed by atoms with E-state index in [2.05, 4.69) is 36.5 Å². The topological polar surface area (TPSA) is 60.3 Å². The van der Waals surface area contributed by atoms with Crippen LogP contribution in [-0.2, 0) is 6.54 Å². The van der Waals surface area contributed by atoms with Crippen molar-refractivity contribution in [1.29, 1.82) is 0 Å². The number of anilines is 1. The molecule has 1 heterocycles. The van der Waals surface area contributed by atoms with Gasteiger partial charge in [0.25, 0.3) is 0 Å². The van der Waals surface area contributed by atoms with Gasteiger partial charge in [0.2, 0.25) is 0 Å². The molecule has 0 bridgehead atoms. The van der Waals surface area contributed by atoms with Crippen LogP contribution in [0.4, 0.5) is 5.69 Å². The Labute approximate surface area is 148 Å². The molecule has 24 heavy (non-hydrogen) atoms. The first-order valence-corrected chi connectivity index (χ1v) is 8.22. The van der Waals surface area contributed by atoms with Crippen molar-refractivity contribution in [3.8, 4) is 11.5 Å². The number of benzene rings is 1. The predicted molar refractivity (Wildman–Crippen MR) is 100.0 cm³/mol.